The van der Waals surface area contributed by atoms with Gasteiger partial charge in [0.05, 0.1) is 26.8 Å². The Hall–Kier alpha value is -2.53. The minimum absolute atomic E-state index is 0.0742. The van der Waals surface area contributed by atoms with Crippen molar-refractivity contribution in [3.63, 3.8) is 0 Å². The van der Waals surface area contributed by atoms with Crippen LogP contribution < -0.4 is 9.47 Å². The lowest BCUT2D eigenvalue weighted by Gasteiger charge is -2.24. The van der Waals surface area contributed by atoms with Gasteiger partial charge >= 0.3 is 0 Å². The highest BCUT2D eigenvalue weighted by Gasteiger charge is 2.17. The Bertz CT molecular complexity index is 699. The van der Waals surface area contributed by atoms with Crippen molar-refractivity contribution in [2.75, 3.05) is 34.9 Å². The molecule has 0 aromatic heterocycles. The first-order valence-electron chi connectivity index (χ1n) is 7.73. The molecule has 0 bridgehead atoms. The average Bonchev–Trinajstić information content (AvgIpc) is 2.60. The highest BCUT2D eigenvalue weighted by molar-refractivity contribution is 5.84. The Morgan fingerprint density at radius 3 is 2.54 bits per heavy atom. The maximum atomic E-state index is 9.93. The SMILES string of the molecule is COc1ccc(O)c(C=NC[C@@H](c2ccccc2OC)N(C)C)c1. The standard InChI is InChI=1S/C19H24N2O3/c1-21(2)17(16-7-5-6-8-19(16)24-4)13-20-12-14-11-15(23-3)9-10-18(14)22/h5-12,17,22H,13H2,1-4H3/t17-/m0/s1. The predicted octanol–water partition coefficient (Wildman–Crippen LogP) is 3.13. The molecule has 0 spiro atoms. The highest BCUT2D eigenvalue weighted by atomic mass is 16.5. The third-order valence-electron chi connectivity index (χ3n) is 3.86. The number of aromatic hydroxyl groups is 1. The van der Waals surface area contributed by atoms with Crippen LogP contribution in [0.2, 0.25) is 0 Å². The summed E-state index contributed by atoms with van der Waals surface area (Å²) in [7, 11) is 7.28. The van der Waals surface area contributed by atoms with Crippen LogP contribution >= 0.6 is 0 Å². The molecule has 0 saturated heterocycles. The molecule has 0 aliphatic rings. The topological polar surface area (TPSA) is 54.3 Å². The van der Waals surface area contributed by atoms with Crippen LogP contribution in [0.15, 0.2) is 47.5 Å². The fourth-order valence-electron chi connectivity index (χ4n) is 2.50. The zero-order chi connectivity index (χ0) is 17.5. The van der Waals surface area contributed by atoms with E-state index in [4.69, 9.17) is 9.47 Å². The molecule has 128 valence electrons. The van der Waals surface area contributed by atoms with Crippen molar-refractivity contribution < 1.29 is 14.6 Å². The Balaban J connectivity index is 2.20. The number of nitrogens with zero attached hydrogens (tertiary/aromatic N) is 2. The van der Waals surface area contributed by atoms with E-state index in [9.17, 15) is 5.11 Å². The molecule has 1 N–H and O–H groups in total. The van der Waals surface area contributed by atoms with Gasteiger partial charge in [0, 0.05) is 17.3 Å². The molecule has 0 saturated carbocycles. The quantitative estimate of drug-likeness (QED) is 0.794. The number of hydrogen-bond donors (Lipinski definition) is 1. The molecule has 5 nitrogen and oxygen atoms in total. The largest absolute Gasteiger partial charge is 0.507 e. The molecular weight excluding hydrogens is 304 g/mol. The van der Waals surface area contributed by atoms with Gasteiger partial charge < -0.3 is 19.5 Å². The maximum absolute atomic E-state index is 9.93. The summed E-state index contributed by atoms with van der Waals surface area (Å²) >= 11 is 0. The Morgan fingerprint density at radius 1 is 1.12 bits per heavy atom. The van der Waals surface area contributed by atoms with Crippen molar-refractivity contribution in [1.29, 1.82) is 0 Å². The Morgan fingerprint density at radius 2 is 1.88 bits per heavy atom. The van der Waals surface area contributed by atoms with E-state index < -0.39 is 0 Å². The second-order valence-electron chi connectivity index (χ2n) is 5.64. The molecule has 2 rings (SSSR count). The smallest absolute Gasteiger partial charge is 0.124 e. The van der Waals surface area contributed by atoms with Crippen LogP contribution in [0.4, 0.5) is 0 Å². The summed E-state index contributed by atoms with van der Waals surface area (Å²) in [6, 6.07) is 13.1. The monoisotopic (exact) mass is 328 g/mol. The number of phenolic OH excluding ortho intramolecular Hbond substituents is 1. The zero-order valence-electron chi connectivity index (χ0n) is 14.6. The van der Waals surface area contributed by atoms with Gasteiger partial charge in [0.15, 0.2) is 0 Å². The molecular formula is C19H24N2O3. The number of rotatable bonds is 7. The van der Waals surface area contributed by atoms with Crippen molar-refractivity contribution in [3.05, 3.63) is 53.6 Å². The van der Waals surface area contributed by atoms with E-state index in [1.807, 2.05) is 38.4 Å². The third-order valence-corrected chi connectivity index (χ3v) is 3.86. The van der Waals surface area contributed by atoms with Crippen LogP contribution in [-0.2, 0) is 0 Å². The summed E-state index contributed by atoms with van der Waals surface area (Å²) in [5, 5.41) is 9.93. The van der Waals surface area contributed by atoms with Crippen molar-refractivity contribution >= 4 is 6.21 Å². The average molecular weight is 328 g/mol. The fourth-order valence-corrected chi connectivity index (χ4v) is 2.50. The minimum Gasteiger partial charge on any atom is -0.507 e. The molecule has 0 unspecified atom stereocenters. The number of para-hydroxylation sites is 1. The number of aliphatic imine (C=N–C) groups is 1. The summed E-state index contributed by atoms with van der Waals surface area (Å²) in [5.74, 6) is 1.71. The van der Waals surface area contributed by atoms with E-state index in [2.05, 4.69) is 9.89 Å². The summed E-state index contributed by atoms with van der Waals surface area (Å²) in [5.41, 5.74) is 1.71. The van der Waals surface area contributed by atoms with Crippen molar-refractivity contribution in [3.8, 4) is 17.2 Å². The van der Waals surface area contributed by atoms with E-state index in [-0.39, 0.29) is 11.8 Å². The van der Waals surface area contributed by atoms with Gasteiger partial charge in [0.1, 0.15) is 17.2 Å². The summed E-state index contributed by atoms with van der Waals surface area (Å²) in [6.45, 7) is 0.546. The van der Waals surface area contributed by atoms with E-state index in [0.717, 1.165) is 11.3 Å². The Kier molecular flexibility index (Phi) is 6.21. The van der Waals surface area contributed by atoms with Crippen LogP contribution in [0.25, 0.3) is 0 Å². The molecule has 2 aromatic rings. The number of hydrogen-bond acceptors (Lipinski definition) is 5. The van der Waals surface area contributed by atoms with Gasteiger partial charge in [-0.15, -0.1) is 0 Å². The molecule has 5 heteroatoms. The molecule has 0 amide bonds. The molecule has 2 aromatic carbocycles. The highest BCUT2D eigenvalue weighted by Crippen LogP contribution is 2.28. The molecule has 0 fully saturated rings. The second-order valence-corrected chi connectivity index (χ2v) is 5.64. The zero-order valence-corrected chi connectivity index (χ0v) is 14.6. The van der Waals surface area contributed by atoms with Crippen LogP contribution in [0.5, 0.6) is 17.2 Å². The lowest BCUT2D eigenvalue weighted by molar-refractivity contribution is 0.295. The first kappa shape index (κ1) is 17.8. The minimum atomic E-state index is 0.0742. The van der Waals surface area contributed by atoms with Crippen molar-refractivity contribution in [1.82, 2.24) is 4.90 Å². The molecule has 24 heavy (non-hydrogen) atoms. The molecule has 0 aliphatic carbocycles. The summed E-state index contributed by atoms with van der Waals surface area (Å²) in [6.07, 6.45) is 1.67. The van der Waals surface area contributed by atoms with Crippen molar-refractivity contribution in [2.45, 2.75) is 6.04 Å². The van der Waals surface area contributed by atoms with E-state index in [0.29, 0.717) is 17.9 Å². The normalized spacial score (nSPS) is 12.5. The predicted molar refractivity (Wildman–Crippen MR) is 96.5 cm³/mol. The first-order valence-corrected chi connectivity index (χ1v) is 7.73. The van der Waals surface area contributed by atoms with E-state index in [1.54, 1.807) is 38.6 Å². The van der Waals surface area contributed by atoms with Crippen LogP contribution in [0, 0.1) is 0 Å². The maximum Gasteiger partial charge on any atom is 0.124 e. The van der Waals surface area contributed by atoms with Gasteiger partial charge in [-0.05, 0) is 38.4 Å². The van der Waals surface area contributed by atoms with Crippen LogP contribution in [0.1, 0.15) is 17.2 Å². The fraction of sp³-hybridized carbons (Fsp3) is 0.316. The van der Waals surface area contributed by atoms with E-state index >= 15 is 0 Å². The number of ether oxygens (including phenoxy) is 2. The lowest BCUT2D eigenvalue weighted by atomic mass is 10.0. The van der Waals surface area contributed by atoms with Gasteiger partial charge in [-0.2, -0.15) is 0 Å². The first-order chi connectivity index (χ1) is 11.6. The molecule has 0 radical (unpaired) electrons. The summed E-state index contributed by atoms with van der Waals surface area (Å²) in [4.78, 5) is 6.61. The number of methoxy groups -OCH3 is 2. The molecule has 1 atom stereocenters. The van der Waals surface area contributed by atoms with Gasteiger partial charge in [-0.1, -0.05) is 18.2 Å². The number of benzene rings is 2. The number of phenols is 1. The van der Waals surface area contributed by atoms with Crippen LogP contribution in [0.3, 0.4) is 0 Å². The lowest BCUT2D eigenvalue weighted by Crippen LogP contribution is -2.23. The van der Waals surface area contributed by atoms with Gasteiger partial charge in [-0.25, -0.2) is 0 Å². The van der Waals surface area contributed by atoms with Gasteiger partial charge in [0.25, 0.3) is 0 Å². The molecule has 0 aliphatic heterocycles. The molecule has 0 heterocycles. The van der Waals surface area contributed by atoms with Crippen molar-refractivity contribution in [2.24, 2.45) is 4.99 Å². The van der Waals surface area contributed by atoms with Gasteiger partial charge in [0.2, 0.25) is 0 Å². The van der Waals surface area contributed by atoms with Gasteiger partial charge in [-0.3, -0.25) is 4.99 Å². The number of likely N-dealkylation sites (N-methyl/N-ethyl adjacent to an activating group) is 1. The van der Waals surface area contributed by atoms with Crippen LogP contribution in [-0.4, -0.2) is 51.1 Å². The Labute approximate surface area is 143 Å². The third kappa shape index (κ3) is 4.26. The summed E-state index contributed by atoms with van der Waals surface area (Å²) < 4.78 is 10.6. The second kappa shape index (κ2) is 8.36. The van der Waals surface area contributed by atoms with E-state index in [1.165, 1.54) is 0 Å².